The zero-order chi connectivity index (χ0) is 8.04. The summed E-state index contributed by atoms with van der Waals surface area (Å²) in [6, 6.07) is 0. The number of rotatable bonds is 4. The van der Waals surface area contributed by atoms with E-state index in [1.807, 2.05) is 14.0 Å². The smallest absolute Gasteiger partial charge is 0.0458 e. The Morgan fingerprint density at radius 3 is 2.40 bits per heavy atom. The van der Waals surface area contributed by atoms with Crippen molar-refractivity contribution in [3.05, 3.63) is 12.2 Å². The van der Waals surface area contributed by atoms with Crippen LogP contribution in [-0.4, -0.2) is 19.3 Å². The molecule has 0 atom stereocenters. The fraction of sp³-hybridized carbons (Fsp3) is 0.750. The van der Waals surface area contributed by atoms with Crippen LogP contribution in [-0.2, 0) is 0 Å². The summed E-state index contributed by atoms with van der Waals surface area (Å²) in [6.45, 7) is 7.16. The highest BCUT2D eigenvalue weighted by atomic mass is 15.1. The third-order valence-corrected chi connectivity index (χ3v) is 1.30. The van der Waals surface area contributed by atoms with Crippen LogP contribution in [0, 0.1) is 0 Å². The summed E-state index contributed by atoms with van der Waals surface area (Å²) in [4.78, 5) is 0. The fourth-order valence-electron chi connectivity index (χ4n) is 0.792. The molecule has 0 aliphatic carbocycles. The minimum atomic E-state index is 0.109. The first-order valence-corrected chi connectivity index (χ1v) is 3.66. The second-order valence-electron chi connectivity index (χ2n) is 2.93. The van der Waals surface area contributed by atoms with Crippen LogP contribution in [0.5, 0.6) is 0 Å². The third-order valence-electron chi connectivity index (χ3n) is 1.30. The topological polar surface area (TPSA) is 24.1 Å². The van der Waals surface area contributed by atoms with Gasteiger partial charge >= 0.3 is 0 Å². The number of hydrogen-bond acceptors (Lipinski definition) is 2. The van der Waals surface area contributed by atoms with E-state index >= 15 is 0 Å². The summed E-state index contributed by atoms with van der Waals surface area (Å²) in [5.74, 6) is 0. The molecule has 0 amide bonds. The predicted octanol–water partition coefficient (Wildman–Crippen LogP) is 1.11. The Bertz CT molecular complexity index is 106. The maximum absolute atomic E-state index is 3.31. The van der Waals surface area contributed by atoms with Gasteiger partial charge in [0, 0.05) is 12.2 Å². The molecule has 0 radical (unpaired) electrons. The molecule has 0 aromatic rings. The molecule has 2 N–H and O–H groups in total. The van der Waals surface area contributed by atoms with Crippen molar-refractivity contribution in [1.29, 1.82) is 0 Å². The predicted molar refractivity (Wildman–Crippen MR) is 46.0 cm³/mol. The summed E-state index contributed by atoms with van der Waals surface area (Å²) in [5, 5.41) is 6.35. The van der Waals surface area contributed by atoms with Gasteiger partial charge < -0.3 is 5.32 Å². The third kappa shape index (κ3) is 4.53. The molecule has 0 rings (SSSR count). The Labute approximate surface area is 63.7 Å². The Balaban J connectivity index is 3.63. The number of allylic oxidation sites excluding steroid dienone is 1. The van der Waals surface area contributed by atoms with Gasteiger partial charge in [-0.05, 0) is 27.8 Å². The van der Waals surface area contributed by atoms with E-state index in [0.717, 1.165) is 6.67 Å². The molecule has 2 heteroatoms. The average Bonchev–Trinajstić information content (AvgIpc) is 1.84. The lowest BCUT2D eigenvalue weighted by atomic mass is 10.1. The molecule has 60 valence electrons. The zero-order valence-electron chi connectivity index (χ0n) is 7.36. The van der Waals surface area contributed by atoms with Crippen LogP contribution >= 0.6 is 0 Å². The second-order valence-corrected chi connectivity index (χ2v) is 2.93. The van der Waals surface area contributed by atoms with Crippen LogP contribution in [0.2, 0.25) is 0 Å². The van der Waals surface area contributed by atoms with Gasteiger partial charge in [-0.25, -0.2) is 0 Å². The Morgan fingerprint density at radius 2 is 2.00 bits per heavy atom. The van der Waals surface area contributed by atoms with Crippen molar-refractivity contribution in [2.75, 3.05) is 13.7 Å². The Morgan fingerprint density at radius 1 is 1.40 bits per heavy atom. The molecular formula is C8H18N2. The minimum Gasteiger partial charge on any atom is -0.308 e. The monoisotopic (exact) mass is 142 g/mol. The van der Waals surface area contributed by atoms with Crippen LogP contribution < -0.4 is 10.6 Å². The number of hydrogen-bond donors (Lipinski definition) is 2. The summed E-state index contributed by atoms with van der Waals surface area (Å²) in [5.41, 5.74) is 0.109. The highest BCUT2D eigenvalue weighted by molar-refractivity contribution is 4.99. The van der Waals surface area contributed by atoms with E-state index in [2.05, 4.69) is 36.6 Å². The molecule has 2 nitrogen and oxygen atoms in total. The molecule has 10 heavy (non-hydrogen) atoms. The van der Waals surface area contributed by atoms with Gasteiger partial charge in [0.1, 0.15) is 0 Å². The van der Waals surface area contributed by atoms with Gasteiger partial charge in [0.05, 0.1) is 0 Å². The van der Waals surface area contributed by atoms with E-state index in [1.165, 1.54) is 0 Å². The first kappa shape index (κ1) is 9.66. The van der Waals surface area contributed by atoms with E-state index in [-0.39, 0.29) is 5.54 Å². The largest absolute Gasteiger partial charge is 0.308 e. The number of nitrogens with one attached hydrogen (secondary N) is 2. The van der Waals surface area contributed by atoms with Crippen molar-refractivity contribution in [1.82, 2.24) is 10.6 Å². The molecular weight excluding hydrogens is 124 g/mol. The molecule has 0 spiro atoms. The maximum atomic E-state index is 3.31. The molecule has 0 fully saturated rings. The quantitative estimate of drug-likeness (QED) is 0.454. The van der Waals surface area contributed by atoms with Crippen LogP contribution in [0.25, 0.3) is 0 Å². The zero-order valence-corrected chi connectivity index (χ0v) is 7.36. The van der Waals surface area contributed by atoms with Crippen LogP contribution in [0.15, 0.2) is 12.2 Å². The van der Waals surface area contributed by atoms with Crippen LogP contribution in [0.1, 0.15) is 20.8 Å². The summed E-state index contributed by atoms with van der Waals surface area (Å²) < 4.78 is 0. The van der Waals surface area contributed by atoms with Crippen LogP contribution in [0.3, 0.4) is 0 Å². The molecule has 0 bridgehead atoms. The average molecular weight is 142 g/mol. The van der Waals surface area contributed by atoms with Crippen molar-refractivity contribution < 1.29 is 0 Å². The SMILES string of the molecule is C/C=C\C(C)(C)NCNC. The summed E-state index contributed by atoms with van der Waals surface area (Å²) >= 11 is 0. The molecule has 0 aromatic heterocycles. The molecule has 0 aliphatic heterocycles. The standard InChI is InChI=1S/C8H18N2/c1-5-6-8(2,3)10-7-9-4/h5-6,9-10H,7H2,1-4H3/b6-5-. The van der Waals surface area contributed by atoms with Crippen molar-refractivity contribution >= 4 is 0 Å². The van der Waals surface area contributed by atoms with Crippen molar-refractivity contribution in [3.8, 4) is 0 Å². The summed E-state index contributed by atoms with van der Waals surface area (Å²) in [7, 11) is 1.93. The van der Waals surface area contributed by atoms with E-state index in [1.54, 1.807) is 0 Å². The molecule has 0 aromatic carbocycles. The van der Waals surface area contributed by atoms with Crippen molar-refractivity contribution in [2.45, 2.75) is 26.3 Å². The Hall–Kier alpha value is -0.340. The second kappa shape index (κ2) is 4.47. The molecule has 0 unspecified atom stereocenters. The lowest BCUT2D eigenvalue weighted by Gasteiger charge is -2.21. The van der Waals surface area contributed by atoms with Gasteiger partial charge in [0.15, 0.2) is 0 Å². The molecule has 0 saturated heterocycles. The highest BCUT2D eigenvalue weighted by Crippen LogP contribution is 2.01. The van der Waals surface area contributed by atoms with Gasteiger partial charge in [0.25, 0.3) is 0 Å². The lowest BCUT2D eigenvalue weighted by molar-refractivity contribution is 0.458. The lowest BCUT2D eigenvalue weighted by Crippen LogP contribution is -2.41. The maximum Gasteiger partial charge on any atom is 0.0458 e. The Kier molecular flexibility index (Phi) is 4.32. The molecule has 0 heterocycles. The first-order valence-electron chi connectivity index (χ1n) is 3.66. The highest BCUT2D eigenvalue weighted by Gasteiger charge is 2.09. The van der Waals surface area contributed by atoms with Gasteiger partial charge in [-0.1, -0.05) is 12.2 Å². The first-order chi connectivity index (χ1) is 4.62. The van der Waals surface area contributed by atoms with Crippen molar-refractivity contribution in [2.24, 2.45) is 0 Å². The minimum absolute atomic E-state index is 0.109. The summed E-state index contributed by atoms with van der Waals surface area (Å²) in [6.07, 6.45) is 4.20. The van der Waals surface area contributed by atoms with Gasteiger partial charge in [-0.3, -0.25) is 5.32 Å². The van der Waals surface area contributed by atoms with Crippen LogP contribution in [0.4, 0.5) is 0 Å². The van der Waals surface area contributed by atoms with Gasteiger partial charge in [-0.15, -0.1) is 0 Å². The van der Waals surface area contributed by atoms with E-state index in [0.29, 0.717) is 0 Å². The molecule has 0 aliphatic rings. The molecule has 0 saturated carbocycles. The van der Waals surface area contributed by atoms with E-state index < -0.39 is 0 Å². The fourth-order valence-corrected chi connectivity index (χ4v) is 0.792. The normalized spacial score (nSPS) is 12.8. The van der Waals surface area contributed by atoms with E-state index in [4.69, 9.17) is 0 Å². The van der Waals surface area contributed by atoms with E-state index in [9.17, 15) is 0 Å². The van der Waals surface area contributed by atoms with Gasteiger partial charge in [-0.2, -0.15) is 0 Å². The van der Waals surface area contributed by atoms with Crippen molar-refractivity contribution in [3.63, 3.8) is 0 Å². The van der Waals surface area contributed by atoms with Gasteiger partial charge in [0.2, 0.25) is 0 Å².